The minimum atomic E-state index is -1.50. The zero-order chi connectivity index (χ0) is 12.1. The minimum Gasteiger partial charge on any atom is -0.328 e. The third-order valence-corrected chi connectivity index (χ3v) is 1.21. The molecule has 2 aromatic carbocycles. The third-order valence-electron chi connectivity index (χ3n) is 1.21. The van der Waals surface area contributed by atoms with Crippen LogP contribution in [-0.2, 0) is 17.1 Å². The number of nitrogens with zero attached hydrogens (tertiary/aromatic N) is 1. The average Bonchev–Trinajstić information content (AvgIpc) is 2.34. The number of hydrogen-bond donors (Lipinski definition) is 1. The van der Waals surface area contributed by atoms with Crippen LogP contribution in [0.25, 0.3) is 0 Å². The summed E-state index contributed by atoms with van der Waals surface area (Å²) in [4.78, 5) is 8.36. The summed E-state index contributed by atoms with van der Waals surface area (Å²) in [6, 6.07) is 25.0. The molecule has 0 saturated heterocycles. The van der Waals surface area contributed by atoms with Gasteiger partial charge in [0, 0.05) is 0 Å². The molecule has 0 bridgehead atoms. The number of rotatable bonds is 0. The van der Waals surface area contributed by atoms with Crippen LogP contribution in [-0.4, -0.2) is 10.3 Å². The summed E-state index contributed by atoms with van der Waals surface area (Å²) >= 11 is 0. The van der Waals surface area contributed by atoms with Crippen LogP contribution in [0.5, 0.6) is 0 Å². The standard InChI is InChI=1S/2C6H5.Cu.HNO3/c2*1-2-4-6-5-3-1;;2-1(3)4/h2*1-5H;;(H,2,3,4)/q2*-1;+2;. The summed E-state index contributed by atoms with van der Waals surface area (Å²) in [6.45, 7) is 0. The second-order valence-electron chi connectivity index (χ2n) is 2.39. The Morgan fingerprint density at radius 1 is 0.824 bits per heavy atom. The maximum Gasteiger partial charge on any atom is 2.00 e. The quantitative estimate of drug-likeness (QED) is 0.349. The molecule has 0 heterocycles. The van der Waals surface area contributed by atoms with Crippen molar-refractivity contribution in [2.75, 3.05) is 0 Å². The fourth-order valence-corrected chi connectivity index (χ4v) is 0.684. The number of hydrogen-bond acceptors (Lipinski definition) is 2. The van der Waals surface area contributed by atoms with Crippen LogP contribution in [0, 0.1) is 22.2 Å². The van der Waals surface area contributed by atoms with Crippen LogP contribution in [0.2, 0.25) is 0 Å². The van der Waals surface area contributed by atoms with Crippen molar-refractivity contribution in [1.29, 1.82) is 0 Å². The fourth-order valence-electron chi connectivity index (χ4n) is 0.684. The molecule has 2 aromatic rings. The average molecular weight is 281 g/mol. The van der Waals surface area contributed by atoms with E-state index in [1.165, 1.54) is 0 Å². The second-order valence-corrected chi connectivity index (χ2v) is 2.39. The van der Waals surface area contributed by atoms with E-state index in [0.29, 0.717) is 0 Å². The molecule has 0 amide bonds. The number of benzene rings is 2. The van der Waals surface area contributed by atoms with Gasteiger partial charge in [0.25, 0.3) is 5.09 Å². The molecule has 2 rings (SSSR count). The van der Waals surface area contributed by atoms with Crippen molar-refractivity contribution in [3.05, 3.63) is 82.9 Å². The van der Waals surface area contributed by atoms with E-state index in [1.54, 1.807) is 0 Å². The first-order chi connectivity index (χ1) is 7.73. The molecule has 0 saturated carbocycles. The monoisotopic (exact) mass is 280 g/mol. The summed E-state index contributed by atoms with van der Waals surface area (Å²) in [5.41, 5.74) is 0. The molecule has 17 heavy (non-hydrogen) atoms. The first kappa shape index (κ1) is 17.6. The molecule has 1 radical (unpaired) electrons. The SMILES string of the molecule is O=[N+]([O-])O.[Cu+2].[c-]1ccccc1.[c-]1ccccc1. The molecule has 0 aliphatic heterocycles. The van der Waals surface area contributed by atoms with Crippen molar-refractivity contribution in [2.45, 2.75) is 0 Å². The first-order valence-corrected chi connectivity index (χ1v) is 4.39. The summed E-state index contributed by atoms with van der Waals surface area (Å²) in [6.07, 6.45) is 0. The van der Waals surface area contributed by atoms with Gasteiger partial charge in [-0.2, -0.15) is 72.8 Å². The second kappa shape index (κ2) is 14.2. The Morgan fingerprint density at radius 2 is 1.06 bits per heavy atom. The summed E-state index contributed by atoms with van der Waals surface area (Å²) in [5, 5.41) is 13.6. The predicted molar refractivity (Wildman–Crippen MR) is 59.3 cm³/mol. The van der Waals surface area contributed by atoms with E-state index in [1.807, 2.05) is 60.7 Å². The van der Waals surface area contributed by atoms with Gasteiger partial charge in [-0.3, -0.25) is 0 Å². The van der Waals surface area contributed by atoms with Crippen molar-refractivity contribution >= 4 is 0 Å². The summed E-state index contributed by atoms with van der Waals surface area (Å²) in [5.74, 6) is 0. The Bertz CT molecular complexity index is 268. The Morgan fingerprint density at radius 3 is 1.12 bits per heavy atom. The van der Waals surface area contributed by atoms with Crippen LogP contribution >= 0.6 is 0 Å². The molecular formula is C12H11CuNO3. The molecule has 93 valence electrons. The molecule has 0 aliphatic rings. The van der Waals surface area contributed by atoms with Gasteiger partial charge >= 0.3 is 17.1 Å². The molecule has 0 spiro atoms. The Kier molecular flexibility index (Phi) is 14.6. The Labute approximate surface area is 110 Å². The van der Waals surface area contributed by atoms with E-state index >= 15 is 0 Å². The molecule has 0 aliphatic carbocycles. The van der Waals surface area contributed by atoms with E-state index in [9.17, 15) is 0 Å². The van der Waals surface area contributed by atoms with Gasteiger partial charge in [0.15, 0.2) is 0 Å². The van der Waals surface area contributed by atoms with Gasteiger partial charge in [0.05, 0.1) is 0 Å². The predicted octanol–water partition coefficient (Wildman–Crippen LogP) is 2.62. The zero-order valence-electron chi connectivity index (χ0n) is 8.79. The maximum absolute atomic E-state index is 8.36. The van der Waals surface area contributed by atoms with Crippen LogP contribution in [0.4, 0.5) is 0 Å². The van der Waals surface area contributed by atoms with Crippen molar-refractivity contribution < 1.29 is 27.4 Å². The molecule has 0 unspecified atom stereocenters. The zero-order valence-corrected chi connectivity index (χ0v) is 9.73. The Balaban J connectivity index is 0. The van der Waals surface area contributed by atoms with Crippen LogP contribution < -0.4 is 0 Å². The molecular weight excluding hydrogens is 270 g/mol. The van der Waals surface area contributed by atoms with Gasteiger partial charge < -0.3 is 5.21 Å². The van der Waals surface area contributed by atoms with Gasteiger partial charge in [-0.15, -0.1) is 10.1 Å². The minimum absolute atomic E-state index is 0. The first-order valence-electron chi connectivity index (χ1n) is 4.39. The van der Waals surface area contributed by atoms with Crippen molar-refractivity contribution in [1.82, 2.24) is 0 Å². The largest absolute Gasteiger partial charge is 2.00 e. The normalized spacial score (nSPS) is 7.06. The van der Waals surface area contributed by atoms with E-state index in [0.717, 1.165) is 0 Å². The van der Waals surface area contributed by atoms with E-state index in [2.05, 4.69) is 12.1 Å². The van der Waals surface area contributed by atoms with Crippen molar-refractivity contribution in [3.8, 4) is 0 Å². The Hall–Kier alpha value is -1.84. The third kappa shape index (κ3) is 20.3. The molecule has 0 atom stereocenters. The van der Waals surface area contributed by atoms with Crippen molar-refractivity contribution in [2.24, 2.45) is 0 Å². The van der Waals surface area contributed by atoms with Gasteiger partial charge in [0.2, 0.25) is 0 Å². The van der Waals surface area contributed by atoms with E-state index in [-0.39, 0.29) is 17.1 Å². The fraction of sp³-hybridized carbons (Fsp3) is 0. The smallest absolute Gasteiger partial charge is 0.328 e. The van der Waals surface area contributed by atoms with Gasteiger partial charge in [-0.25, -0.2) is 0 Å². The van der Waals surface area contributed by atoms with Gasteiger partial charge in [-0.1, -0.05) is 0 Å². The molecule has 0 fully saturated rings. The summed E-state index contributed by atoms with van der Waals surface area (Å²) < 4.78 is 0. The van der Waals surface area contributed by atoms with Gasteiger partial charge in [-0.05, 0) is 0 Å². The molecule has 1 N–H and O–H groups in total. The van der Waals surface area contributed by atoms with Crippen LogP contribution in [0.15, 0.2) is 60.7 Å². The van der Waals surface area contributed by atoms with Crippen LogP contribution in [0.3, 0.4) is 0 Å². The molecule has 4 nitrogen and oxygen atoms in total. The van der Waals surface area contributed by atoms with Crippen molar-refractivity contribution in [3.63, 3.8) is 0 Å². The molecule has 0 aromatic heterocycles. The van der Waals surface area contributed by atoms with Crippen LogP contribution in [0.1, 0.15) is 0 Å². The topological polar surface area (TPSA) is 63.4 Å². The molecule has 5 heteroatoms. The van der Waals surface area contributed by atoms with E-state index in [4.69, 9.17) is 15.3 Å². The van der Waals surface area contributed by atoms with Gasteiger partial charge in [0.1, 0.15) is 0 Å². The summed E-state index contributed by atoms with van der Waals surface area (Å²) in [7, 11) is 0. The van der Waals surface area contributed by atoms with E-state index < -0.39 is 5.09 Å². The maximum atomic E-state index is 8.36.